The van der Waals surface area contributed by atoms with Crippen LogP contribution in [-0.2, 0) is 13.0 Å². The highest BCUT2D eigenvalue weighted by molar-refractivity contribution is 5.96. The number of aliphatic hydroxyl groups excluding tert-OH is 1. The Labute approximate surface area is 119 Å². The third-order valence-corrected chi connectivity index (χ3v) is 4.45. The quantitative estimate of drug-likeness (QED) is 0.777. The van der Waals surface area contributed by atoms with Crippen LogP contribution in [0.3, 0.4) is 0 Å². The smallest absolute Gasteiger partial charge is 0.251 e. The van der Waals surface area contributed by atoms with Gasteiger partial charge in [-0.15, -0.1) is 0 Å². The SMILES string of the molecule is O=C(NCC1CCC(O)C1)c1cccc2c1CCNC2. The molecular formula is C16H22N2O2. The summed E-state index contributed by atoms with van der Waals surface area (Å²) in [7, 11) is 0. The Balaban J connectivity index is 1.65. The molecule has 2 aliphatic rings. The maximum Gasteiger partial charge on any atom is 0.251 e. The number of carbonyl (C=O) groups excluding carboxylic acids is 1. The molecule has 0 spiro atoms. The number of benzene rings is 1. The minimum absolute atomic E-state index is 0.0325. The Bertz CT molecular complexity index is 501. The molecule has 1 heterocycles. The molecule has 0 bridgehead atoms. The molecule has 20 heavy (non-hydrogen) atoms. The van der Waals surface area contributed by atoms with Crippen molar-refractivity contribution >= 4 is 5.91 Å². The van der Waals surface area contributed by atoms with Crippen LogP contribution in [0.4, 0.5) is 0 Å². The van der Waals surface area contributed by atoms with Gasteiger partial charge in [-0.2, -0.15) is 0 Å². The molecule has 0 radical (unpaired) electrons. The summed E-state index contributed by atoms with van der Waals surface area (Å²) in [5.41, 5.74) is 3.25. The molecule has 0 saturated heterocycles. The zero-order valence-corrected chi connectivity index (χ0v) is 11.7. The second-order valence-corrected chi connectivity index (χ2v) is 5.91. The Morgan fingerprint density at radius 3 is 3.10 bits per heavy atom. The van der Waals surface area contributed by atoms with Gasteiger partial charge in [-0.1, -0.05) is 12.1 Å². The van der Waals surface area contributed by atoms with Gasteiger partial charge in [0.2, 0.25) is 0 Å². The van der Waals surface area contributed by atoms with Crippen LogP contribution in [0.5, 0.6) is 0 Å². The number of hydrogen-bond donors (Lipinski definition) is 3. The van der Waals surface area contributed by atoms with E-state index in [1.165, 1.54) is 11.1 Å². The summed E-state index contributed by atoms with van der Waals surface area (Å²) in [6.45, 7) is 2.47. The molecule has 1 saturated carbocycles. The minimum Gasteiger partial charge on any atom is -0.393 e. The molecule has 3 N–H and O–H groups in total. The Morgan fingerprint density at radius 2 is 2.30 bits per heavy atom. The predicted molar refractivity (Wildman–Crippen MR) is 77.5 cm³/mol. The van der Waals surface area contributed by atoms with E-state index in [1.807, 2.05) is 12.1 Å². The average molecular weight is 274 g/mol. The zero-order chi connectivity index (χ0) is 13.9. The lowest BCUT2D eigenvalue weighted by molar-refractivity contribution is 0.0944. The summed E-state index contributed by atoms with van der Waals surface area (Å²) in [5.74, 6) is 0.459. The van der Waals surface area contributed by atoms with Gasteiger partial charge in [0.1, 0.15) is 0 Å². The van der Waals surface area contributed by atoms with Crippen molar-refractivity contribution in [2.45, 2.75) is 38.3 Å². The van der Waals surface area contributed by atoms with E-state index in [4.69, 9.17) is 0 Å². The Morgan fingerprint density at radius 1 is 1.40 bits per heavy atom. The fourth-order valence-electron chi connectivity index (χ4n) is 3.31. The van der Waals surface area contributed by atoms with E-state index in [0.717, 1.165) is 44.3 Å². The standard InChI is InChI=1S/C16H22N2O2/c19-13-5-4-11(8-13)9-18-16(20)15-3-1-2-12-10-17-7-6-14(12)15/h1-3,11,13,17,19H,4-10H2,(H,18,20). The van der Waals surface area contributed by atoms with Gasteiger partial charge in [0.05, 0.1) is 6.10 Å². The Kier molecular flexibility index (Phi) is 4.03. The highest BCUT2D eigenvalue weighted by Crippen LogP contribution is 2.25. The van der Waals surface area contributed by atoms with Gasteiger partial charge in [0.15, 0.2) is 0 Å². The third-order valence-electron chi connectivity index (χ3n) is 4.45. The molecule has 2 unspecified atom stereocenters. The molecule has 1 aliphatic heterocycles. The van der Waals surface area contributed by atoms with Gasteiger partial charge in [-0.05, 0) is 55.3 Å². The van der Waals surface area contributed by atoms with Crippen molar-refractivity contribution < 1.29 is 9.90 Å². The van der Waals surface area contributed by atoms with Crippen LogP contribution in [0.15, 0.2) is 18.2 Å². The average Bonchev–Trinajstić information content (AvgIpc) is 2.90. The van der Waals surface area contributed by atoms with E-state index in [2.05, 4.69) is 16.7 Å². The topological polar surface area (TPSA) is 61.4 Å². The zero-order valence-electron chi connectivity index (χ0n) is 11.7. The van der Waals surface area contributed by atoms with Crippen molar-refractivity contribution in [1.82, 2.24) is 10.6 Å². The number of rotatable bonds is 3. The number of hydrogen-bond acceptors (Lipinski definition) is 3. The molecule has 3 rings (SSSR count). The molecule has 1 aliphatic carbocycles. The first kappa shape index (κ1) is 13.6. The van der Waals surface area contributed by atoms with Crippen molar-refractivity contribution in [2.24, 2.45) is 5.92 Å². The van der Waals surface area contributed by atoms with Gasteiger partial charge < -0.3 is 15.7 Å². The lowest BCUT2D eigenvalue weighted by Gasteiger charge is -2.20. The number of amides is 1. The van der Waals surface area contributed by atoms with Crippen LogP contribution in [0.25, 0.3) is 0 Å². The van der Waals surface area contributed by atoms with Crippen LogP contribution in [-0.4, -0.2) is 30.2 Å². The van der Waals surface area contributed by atoms with Crippen molar-refractivity contribution in [3.05, 3.63) is 34.9 Å². The van der Waals surface area contributed by atoms with Crippen molar-refractivity contribution in [3.8, 4) is 0 Å². The summed E-state index contributed by atoms with van der Waals surface area (Å²) >= 11 is 0. The maximum atomic E-state index is 12.4. The molecular weight excluding hydrogens is 252 g/mol. The fraction of sp³-hybridized carbons (Fsp3) is 0.562. The van der Waals surface area contributed by atoms with Gasteiger partial charge in [-0.25, -0.2) is 0 Å². The normalized spacial score (nSPS) is 25.2. The van der Waals surface area contributed by atoms with E-state index in [1.54, 1.807) is 0 Å². The number of fused-ring (bicyclic) bond motifs is 1. The minimum atomic E-state index is -0.174. The lowest BCUT2D eigenvalue weighted by atomic mass is 9.95. The van der Waals surface area contributed by atoms with E-state index in [-0.39, 0.29) is 12.0 Å². The fourth-order valence-corrected chi connectivity index (χ4v) is 3.31. The molecule has 1 aromatic carbocycles. The van der Waals surface area contributed by atoms with Crippen LogP contribution in [0.1, 0.15) is 40.7 Å². The summed E-state index contributed by atoms with van der Waals surface area (Å²) < 4.78 is 0. The second kappa shape index (κ2) is 5.94. The van der Waals surface area contributed by atoms with Crippen LogP contribution >= 0.6 is 0 Å². The maximum absolute atomic E-state index is 12.4. The molecule has 4 nitrogen and oxygen atoms in total. The first-order valence-electron chi connectivity index (χ1n) is 7.52. The number of nitrogens with one attached hydrogen (secondary N) is 2. The van der Waals surface area contributed by atoms with Crippen LogP contribution in [0.2, 0.25) is 0 Å². The third kappa shape index (κ3) is 2.86. The summed E-state index contributed by atoms with van der Waals surface area (Å²) in [6.07, 6.45) is 3.44. The van der Waals surface area contributed by atoms with Crippen molar-refractivity contribution in [2.75, 3.05) is 13.1 Å². The molecule has 1 aromatic rings. The van der Waals surface area contributed by atoms with Gasteiger partial charge in [0, 0.05) is 18.7 Å². The monoisotopic (exact) mass is 274 g/mol. The van der Waals surface area contributed by atoms with E-state index in [0.29, 0.717) is 12.5 Å². The molecule has 108 valence electrons. The largest absolute Gasteiger partial charge is 0.393 e. The second-order valence-electron chi connectivity index (χ2n) is 5.91. The van der Waals surface area contributed by atoms with Gasteiger partial charge in [-0.3, -0.25) is 4.79 Å². The first-order chi connectivity index (χ1) is 9.74. The Hall–Kier alpha value is -1.39. The summed E-state index contributed by atoms with van der Waals surface area (Å²) in [6, 6.07) is 5.97. The molecule has 4 heteroatoms. The van der Waals surface area contributed by atoms with Crippen molar-refractivity contribution in [1.29, 1.82) is 0 Å². The predicted octanol–water partition coefficient (Wildman–Crippen LogP) is 1.22. The summed E-state index contributed by atoms with van der Waals surface area (Å²) in [4.78, 5) is 12.4. The lowest BCUT2D eigenvalue weighted by Crippen LogP contribution is -2.32. The number of aliphatic hydroxyl groups is 1. The van der Waals surface area contributed by atoms with Crippen LogP contribution in [0, 0.1) is 5.92 Å². The highest BCUT2D eigenvalue weighted by Gasteiger charge is 2.24. The van der Waals surface area contributed by atoms with Crippen molar-refractivity contribution in [3.63, 3.8) is 0 Å². The first-order valence-corrected chi connectivity index (χ1v) is 7.52. The number of carbonyl (C=O) groups is 1. The molecule has 0 aromatic heterocycles. The molecule has 2 atom stereocenters. The van der Waals surface area contributed by atoms with Gasteiger partial charge >= 0.3 is 0 Å². The van der Waals surface area contributed by atoms with Gasteiger partial charge in [0.25, 0.3) is 5.91 Å². The van der Waals surface area contributed by atoms with E-state index >= 15 is 0 Å². The van der Waals surface area contributed by atoms with Crippen LogP contribution < -0.4 is 10.6 Å². The van der Waals surface area contributed by atoms with E-state index < -0.39 is 0 Å². The molecule has 1 fully saturated rings. The highest BCUT2D eigenvalue weighted by atomic mass is 16.3. The molecule has 1 amide bonds. The van der Waals surface area contributed by atoms with E-state index in [9.17, 15) is 9.90 Å². The summed E-state index contributed by atoms with van der Waals surface area (Å²) in [5, 5.41) is 15.9.